The Bertz CT molecular complexity index is 665. The van der Waals surface area contributed by atoms with E-state index in [0.717, 1.165) is 0 Å². The Balaban J connectivity index is 5.22. The second-order valence-corrected chi connectivity index (χ2v) is 10.5. The van der Waals surface area contributed by atoms with E-state index in [-0.39, 0.29) is 19.8 Å². The van der Waals surface area contributed by atoms with Crippen molar-refractivity contribution in [3.05, 3.63) is 0 Å². The zero-order valence-electron chi connectivity index (χ0n) is 14.2. The molecule has 0 bridgehead atoms. The molecule has 13 nitrogen and oxygen atoms in total. The average Bonchev–Trinajstić information content (AvgIpc) is 2.50. The molecule has 0 radical (unpaired) electrons. The number of hydrogen-bond donors (Lipinski definition) is 0. The largest absolute Gasteiger partial charge is 0.478 e. The van der Waals surface area contributed by atoms with Gasteiger partial charge in [-0.2, -0.15) is 25.3 Å². The van der Waals surface area contributed by atoms with Gasteiger partial charge in [-0.1, -0.05) is 0 Å². The Morgan fingerprint density at radius 1 is 0.577 bits per heavy atom. The maximum atomic E-state index is 12.3. The minimum atomic E-state index is -4.96. The van der Waals surface area contributed by atoms with Crippen molar-refractivity contribution >= 4 is 38.2 Å². The lowest BCUT2D eigenvalue weighted by Crippen LogP contribution is -2.19. The van der Waals surface area contributed by atoms with Gasteiger partial charge in [0.2, 0.25) is 0 Å². The molecule has 0 spiro atoms. The molecule has 0 N–H and O–H groups in total. The predicted octanol–water partition coefficient (Wildman–Crippen LogP) is 0.116. The highest BCUT2D eigenvalue weighted by Crippen LogP contribution is 2.50. The monoisotopic (exact) mass is 464 g/mol. The second-order valence-electron chi connectivity index (χ2n) is 4.08. The van der Waals surface area contributed by atoms with Gasteiger partial charge in [-0.25, -0.2) is 4.57 Å². The lowest BCUT2D eigenvalue weighted by molar-refractivity contribution is 0.144. The summed E-state index contributed by atoms with van der Waals surface area (Å²) in [6.07, 6.45) is 0. The quantitative estimate of drug-likeness (QED) is 0.236. The summed E-state index contributed by atoms with van der Waals surface area (Å²) in [5.41, 5.74) is 0. The molecular weight excluding hydrogens is 443 g/mol. The highest BCUT2D eigenvalue weighted by molar-refractivity contribution is 7.87. The SMILES string of the molecule is CCOS(=O)(=O)COP(=O)(OCS(=O)(=O)OCC)OCS(=O)(=O)OCC. The molecule has 0 heterocycles. The molecule has 26 heavy (non-hydrogen) atoms. The summed E-state index contributed by atoms with van der Waals surface area (Å²) in [4.78, 5) is 0. The molecular formula is C9H21O13PS3. The molecule has 0 atom stereocenters. The van der Waals surface area contributed by atoms with E-state index in [1.54, 1.807) is 0 Å². The molecule has 0 saturated heterocycles. The molecule has 0 aromatic heterocycles. The van der Waals surface area contributed by atoms with E-state index in [2.05, 4.69) is 26.1 Å². The average molecular weight is 464 g/mol. The second kappa shape index (κ2) is 11.0. The van der Waals surface area contributed by atoms with E-state index >= 15 is 0 Å². The van der Waals surface area contributed by atoms with Crippen LogP contribution in [0.3, 0.4) is 0 Å². The van der Waals surface area contributed by atoms with Crippen molar-refractivity contribution in [2.45, 2.75) is 20.8 Å². The number of phosphoric ester groups is 1. The zero-order chi connectivity index (χ0) is 20.5. The van der Waals surface area contributed by atoms with Gasteiger partial charge in [0.1, 0.15) is 0 Å². The van der Waals surface area contributed by atoms with Crippen molar-refractivity contribution in [1.82, 2.24) is 0 Å². The van der Waals surface area contributed by atoms with Crippen molar-refractivity contribution in [3.8, 4) is 0 Å². The van der Waals surface area contributed by atoms with Gasteiger partial charge in [0.25, 0.3) is 30.4 Å². The topological polar surface area (TPSA) is 175 Å². The first-order chi connectivity index (χ1) is 11.8. The van der Waals surface area contributed by atoms with E-state index in [0.29, 0.717) is 0 Å². The fourth-order valence-corrected chi connectivity index (χ4v) is 5.74. The molecule has 0 saturated carbocycles. The Kier molecular flexibility index (Phi) is 10.9. The minimum absolute atomic E-state index is 0.255. The van der Waals surface area contributed by atoms with Crippen LogP contribution in [0.4, 0.5) is 0 Å². The van der Waals surface area contributed by atoms with E-state index in [1.807, 2.05) is 0 Å². The molecule has 0 aromatic rings. The smallest absolute Gasteiger partial charge is 0.269 e. The normalized spacial score (nSPS) is 13.8. The van der Waals surface area contributed by atoms with Crippen LogP contribution in [0.2, 0.25) is 0 Å². The number of hydrogen-bond acceptors (Lipinski definition) is 13. The maximum Gasteiger partial charge on any atom is 0.478 e. The summed E-state index contributed by atoms with van der Waals surface area (Å²) in [5.74, 6) is -4.04. The van der Waals surface area contributed by atoms with Crippen LogP contribution in [0, 0.1) is 0 Å². The van der Waals surface area contributed by atoms with Gasteiger partial charge in [-0.05, 0) is 20.8 Å². The first-order valence-electron chi connectivity index (χ1n) is 6.95. The highest BCUT2D eigenvalue weighted by atomic mass is 32.2. The van der Waals surface area contributed by atoms with Crippen molar-refractivity contribution < 1.29 is 55.9 Å². The Labute approximate surface area is 152 Å². The van der Waals surface area contributed by atoms with E-state index < -0.39 is 56.0 Å². The van der Waals surface area contributed by atoms with Crippen molar-refractivity contribution in [2.24, 2.45) is 0 Å². The Morgan fingerprint density at radius 3 is 1.00 bits per heavy atom. The van der Waals surface area contributed by atoms with E-state index in [9.17, 15) is 29.8 Å². The van der Waals surface area contributed by atoms with Crippen molar-refractivity contribution in [1.29, 1.82) is 0 Å². The van der Waals surface area contributed by atoms with Crippen LogP contribution in [-0.2, 0) is 61.0 Å². The third kappa shape index (κ3) is 11.5. The van der Waals surface area contributed by atoms with Crippen LogP contribution in [0.5, 0.6) is 0 Å². The van der Waals surface area contributed by atoms with E-state index in [1.165, 1.54) is 20.8 Å². The van der Waals surface area contributed by atoms with Crippen molar-refractivity contribution in [2.75, 3.05) is 37.6 Å². The van der Waals surface area contributed by atoms with Crippen LogP contribution in [0.1, 0.15) is 20.8 Å². The van der Waals surface area contributed by atoms with Gasteiger partial charge >= 0.3 is 7.82 Å². The lowest BCUT2D eigenvalue weighted by Gasteiger charge is -2.17. The van der Waals surface area contributed by atoms with Gasteiger partial charge in [-0.3, -0.25) is 26.1 Å². The molecule has 0 fully saturated rings. The van der Waals surface area contributed by atoms with Gasteiger partial charge in [0.15, 0.2) is 17.8 Å². The maximum absolute atomic E-state index is 12.3. The molecule has 0 aliphatic carbocycles. The molecule has 158 valence electrons. The van der Waals surface area contributed by atoms with Gasteiger partial charge < -0.3 is 0 Å². The Hall–Kier alpha value is -0.160. The van der Waals surface area contributed by atoms with E-state index in [4.69, 9.17) is 0 Å². The molecule has 0 aromatic carbocycles. The van der Waals surface area contributed by atoms with Crippen molar-refractivity contribution in [3.63, 3.8) is 0 Å². The Morgan fingerprint density at radius 2 is 0.808 bits per heavy atom. The van der Waals surface area contributed by atoms with Crippen LogP contribution in [0.15, 0.2) is 0 Å². The molecule has 0 aliphatic heterocycles. The third-order valence-electron chi connectivity index (χ3n) is 1.96. The third-order valence-corrected chi connectivity index (χ3v) is 6.82. The molecule has 17 heteroatoms. The summed E-state index contributed by atoms with van der Waals surface area (Å²) in [6, 6.07) is 0. The van der Waals surface area contributed by atoms with Crippen LogP contribution >= 0.6 is 7.82 Å². The van der Waals surface area contributed by atoms with Gasteiger partial charge in [-0.15, -0.1) is 0 Å². The number of rotatable bonds is 15. The lowest BCUT2D eigenvalue weighted by atomic mass is 10.9. The molecule has 0 unspecified atom stereocenters. The fraction of sp³-hybridized carbons (Fsp3) is 1.00. The molecule has 0 rings (SSSR count). The summed E-state index contributed by atoms with van der Waals surface area (Å²) >= 11 is 0. The summed E-state index contributed by atoms with van der Waals surface area (Å²) in [7, 11) is -17.9. The summed E-state index contributed by atoms with van der Waals surface area (Å²) in [6.45, 7) is 3.30. The summed E-state index contributed by atoms with van der Waals surface area (Å²) in [5, 5.41) is 0. The summed E-state index contributed by atoms with van der Waals surface area (Å²) < 4.78 is 107. The fourth-order valence-electron chi connectivity index (χ4n) is 1.14. The predicted molar refractivity (Wildman–Crippen MR) is 87.1 cm³/mol. The molecule has 0 amide bonds. The van der Waals surface area contributed by atoms with Crippen LogP contribution in [-0.4, -0.2) is 62.9 Å². The number of phosphoric acid groups is 1. The highest BCUT2D eigenvalue weighted by Gasteiger charge is 2.34. The van der Waals surface area contributed by atoms with Gasteiger partial charge in [0, 0.05) is 0 Å². The first kappa shape index (κ1) is 25.8. The minimum Gasteiger partial charge on any atom is -0.269 e. The zero-order valence-corrected chi connectivity index (χ0v) is 17.6. The standard InChI is InChI=1S/C9H21O13PS3/c1-4-20-24(11,12)7-17-23(10,18-8-25(13,14)21-5-2)19-9-26(15,16)22-6-3/h4-9H2,1-3H3. The van der Waals surface area contributed by atoms with Crippen LogP contribution in [0.25, 0.3) is 0 Å². The van der Waals surface area contributed by atoms with Crippen LogP contribution < -0.4 is 0 Å². The van der Waals surface area contributed by atoms with Gasteiger partial charge in [0.05, 0.1) is 19.8 Å². The molecule has 0 aliphatic rings. The first-order valence-corrected chi connectivity index (χ1v) is 13.1.